The Bertz CT molecular complexity index is 433. The van der Waals surface area contributed by atoms with E-state index in [2.05, 4.69) is 0 Å². The molecule has 0 bridgehead atoms. The van der Waals surface area contributed by atoms with Gasteiger partial charge in [0.05, 0.1) is 6.26 Å². The highest BCUT2D eigenvalue weighted by Crippen LogP contribution is 2.35. The fraction of sp³-hybridized carbons (Fsp3) is 0.917. The third-order valence-corrected chi connectivity index (χ3v) is 5.09. The summed E-state index contributed by atoms with van der Waals surface area (Å²) in [5, 5.41) is 0. The Kier molecular flexibility index (Phi) is 4.47. The third kappa shape index (κ3) is 3.67. The van der Waals surface area contributed by atoms with Crippen LogP contribution in [0.1, 0.15) is 19.3 Å². The molecule has 1 aliphatic heterocycles. The molecule has 0 N–H and O–H groups in total. The van der Waals surface area contributed by atoms with E-state index in [1.165, 1.54) is 10.6 Å². The molecule has 0 unspecified atom stereocenters. The molecule has 1 amide bonds. The van der Waals surface area contributed by atoms with Gasteiger partial charge in [-0.3, -0.25) is 4.79 Å². The van der Waals surface area contributed by atoms with Crippen LogP contribution in [0, 0.1) is 5.92 Å². The predicted octanol–water partition coefficient (Wildman–Crippen LogP) is -0.0947. The molecule has 0 aromatic carbocycles. The van der Waals surface area contributed by atoms with E-state index >= 15 is 0 Å². The van der Waals surface area contributed by atoms with Gasteiger partial charge in [0, 0.05) is 33.3 Å². The van der Waals surface area contributed by atoms with Crippen molar-refractivity contribution in [3.63, 3.8) is 0 Å². The summed E-state index contributed by atoms with van der Waals surface area (Å²) >= 11 is 0. The van der Waals surface area contributed by atoms with Crippen molar-refractivity contribution >= 4 is 15.9 Å². The smallest absolute Gasteiger partial charge is 0.252 e. The van der Waals surface area contributed by atoms with Gasteiger partial charge in [-0.15, -0.1) is 0 Å². The monoisotopic (exact) mass is 290 g/mol. The van der Waals surface area contributed by atoms with Crippen LogP contribution in [0.2, 0.25) is 0 Å². The zero-order valence-electron chi connectivity index (χ0n) is 11.5. The number of sulfonamides is 1. The van der Waals surface area contributed by atoms with Crippen molar-refractivity contribution < 1.29 is 17.9 Å². The second-order valence-corrected chi connectivity index (χ2v) is 7.32. The largest absolute Gasteiger partial charge is 0.371 e. The molecule has 1 saturated carbocycles. The van der Waals surface area contributed by atoms with E-state index in [9.17, 15) is 13.2 Å². The Labute approximate surface area is 114 Å². The fourth-order valence-corrected chi connectivity index (χ4v) is 3.39. The second-order valence-electron chi connectivity index (χ2n) is 5.33. The lowest BCUT2D eigenvalue weighted by atomic mass is 10.2. The third-order valence-electron chi connectivity index (χ3n) is 3.78. The van der Waals surface area contributed by atoms with E-state index in [4.69, 9.17) is 4.74 Å². The van der Waals surface area contributed by atoms with Crippen molar-refractivity contribution in [2.75, 3.05) is 39.5 Å². The van der Waals surface area contributed by atoms with E-state index in [1.807, 2.05) is 0 Å². The summed E-state index contributed by atoms with van der Waals surface area (Å²) in [6.07, 6.45) is 3.65. The molecule has 1 heterocycles. The molecule has 0 spiro atoms. The number of carbonyl (C=O) groups excluding carboxylic acids is 1. The zero-order chi connectivity index (χ0) is 14.0. The van der Waals surface area contributed by atoms with Crippen LogP contribution in [0.25, 0.3) is 0 Å². The van der Waals surface area contributed by atoms with Crippen LogP contribution in [0.4, 0.5) is 0 Å². The summed E-state index contributed by atoms with van der Waals surface area (Å²) in [5.74, 6) is 0.368. The molecule has 1 aliphatic carbocycles. The maximum atomic E-state index is 12.4. The summed E-state index contributed by atoms with van der Waals surface area (Å²) in [5.41, 5.74) is 0. The number of hydrogen-bond donors (Lipinski definition) is 0. The van der Waals surface area contributed by atoms with E-state index in [0.717, 1.165) is 12.8 Å². The molecular formula is C12H22N2O4S. The minimum atomic E-state index is -3.16. The first-order valence-corrected chi connectivity index (χ1v) is 8.55. The first-order valence-electron chi connectivity index (χ1n) is 6.70. The molecule has 2 aliphatic rings. The van der Waals surface area contributed by atoms with Crippen molar-refractivity contribution in [3.05, 3.63) is 0 Å². The fourth-order valence-electron chi connectivity index (χ4n) is 2.52. The lowest BCUT2D eigenvalue weighted by Crippen LogP contribution is -2.43. The Morgan fingerprint density at radius 2 is 1.89 bits per heavy atom. The average Bonchev–Trinajstić information content (AvgIpc) is 3.14. The van der Waals surface area contributed by atoms with Gasteiger partial charge < -0.3 is 9.64 Å². The standard InChI is InChI=1S/C12H22N2O4S/c1-18-11(10-4-5-10)12(15)13-6-3-7-14(9-8-13)19(2,16)17/h10-11H,3-9H2,1-2H3/t11-/m0/s1. The zero-order valence-corrected chi connectivity index (χ0v) is 12.4. The van der Waals surface area contributed by atoms with E-state index in [0.29, 0.717) is 38.5 Å². The summed E-state index contributed by atoms with van der Waals surface area (Å²) in [4.78, 5) is 14.1. The highest BCUT2D eigenvalue weighted by molar-refractivity contribution is 7.88. The topological polar surface area (TPSA) is 66.9 Å². The van der Waals surface area contributed by atoms with Crippen LogP contribution in [0.15, 0.2) is 0 Å². The van der Waals surface area contributed by atoms with Crippen LogP contribution < -0.4 is 0 Å². The Balaban J connectivity index is 1.96. The van der Waals surface area contributed by atoms with Gasteiger partial charge in [0.15, 0.2) is 0 Å². The highest BCUT2D eigenvalue weighted by Gasteiger charge is 2.39. The van der Waals surface area contributed by atoms with Crippen molar-refractivity contribution in [1.82, 2.24) is 9.21 Å². The molecule has 0 aromatic heterocycles. The van der Waals surface area contributed by atoms with Crippen LogP contribution in [-0.4, -0.2) is 69.2 Å². The van der Waals surface area contributed by atoms with Gasteiger partial charge in [-0.05, 0) is 25.2 Å². The normalized spacial score (nSPS) is 24.0. The van der Waals surface area contributed by atoms with Gasteiger partial charge in [0.1, 0.15) is 6.10 Å². The van der Waals surface area contributed by atoms with Gasteiger partial charge in [-0.2, -0.15) is 0 Å². The summed E-state index contributed by atoms with van der Waals surface area (Å²) in [6, 6.07) is 0. The number of ether oxygens (including phenoxy) is 1. The van der Waals surface area contributed by atoms with Crippen LogP contribution >= 0.6 is 0 Å². The van der Waals surface area contributed by atoms with Gasteiger partial charge in [-0.1, -0.05) is 0 Å². The number of rotatable bonds is 4. The Morgan fingerprint density at radius 1 is 1.21 bits per heavy atom. The molecule has 1 atom stereocenters. The van der Waals surface area contributed by atoms with Gasteiger partial charge in [0.2, 0.25) is 10.0 Å². The number of hydrogen-bond acceptors (Lipinski definition) is 4. The van der Waals surface area contributed by atoms with E-state index in [1.54, 1.807) is 12.0 Å². The predicted molar refractivity (Wildman–Crippen MR) is 71.1 cm³/mol. The maximum Gasteiger partial charge on any atom is 0.252 e. The molecule has 1 saturated heterocycles. The molecule has 0 radical (unpaired) electrons. The minimum Gasteiger partial charge on any atom is -0.371 e. The lowest BCUT2D eigenvalue weighted by Gasteiger charge is -2.25. The van der Waals surface area contributed by atoms with Crippen LogP contribution in [0.3, 0.4) is 0 Å². The summed E-state index contributed by atoms with van der Waals surface area (Å²) < 4.78 is 29.8. The van der Waals surface area contributed by atoms with Crippen LogP contribution in [0.5, 0.6) is 0 Å². The van der Waals surface area contributed by atoms with Crippen molar-refractivity contribution in [3.8, 4) is 0 Å². The Hall–Kier alpha value is -0.660. The molecule has 6 nitrogen and oxygen atoms in total. The molecule has 2 fully saturated rings. The highest BCUT2D eigenvalue weighted by atomic mass is 32.2. The number of carbonyl (C=O) groups is 1. The maximum absolute atomic E-state index is 12.4. The SMILES string of the molecule is CO[C@H](C(=O)N1CCCN(S(C)(=O)=O)CC1)C1CC1. The first-order chi connectivity index (χ1) is 8.93. The van der Waals surface area contributed by atoms with Crippen molar-refractivity contribution in [2.24, 2.45) is 5.92 Å². The summed E-state index contributed by atoms with van der Waals surface area (Å²) in [6.45, 7) is 1.94. The quantitative estimate of drug-likeness (QED) is 0.725. The van der Waals surface area contributed by atoms with Crippen molar-refractivity contribution in [1.29, 1.82) is 0 Å². The minimum absolute atomic E-state index is 0.0142. The molecule has 0 aromatic rings. The van der Waals surface area contributed by atoms with Gasteiger partial charge in [0.25, 0.3) is 5.91 Å². The van der Waals surface area contributed by atoms with Gasteiger partial charge >= 0.3 is 0 Å². The van der Waals surface area contributed by atoms with Gasteiger partial charge in [-0.25, -0.2) is 12.7 Å². The Morgan fingerprint density at radius 3 is 2.42 bits per heavy atom. The molecule has 110 valence electrons. The molecule has 19 heavy (non-hydrogen) atoms. The number of amides is 1. The second kappa shape index (κ2) is 5.76. The average molecular weight is 290 g/mol. The molecule has 2 rings (SSSR count). The van der Waals surface area contributed by atoms with Crippen LogP contribution in [-0.2, 0) is 19.6 Å². The molecular weight excluding hydrogens is 268 g/mol. The summed E-state index contributed by atoms with van der Waals surface area (Å²) in [7, 11) is -1.59. The lowest BCUT2D eigenvalue weighted by molar-refractivity contribution is -0.143. The number of nitrogens with zero attached hydrogens (tertiary/aromatic N) is 2. The van der Waals surface area contributed by atoms with Crippen molar-refractivity contribution in [2.45, 2.75) is 25.4 Å². The molecule has 7 heteroatoms. The number of methoxy groups -OCH3 is 1. The van der Waals surface area contributed by atoms with E-state index < -0.39 is 10.0 Å². The first kappa shape index (κ1) is 14.7. The van der Waals surface area contributed by atoms with E-state index in [-0.39, 0.29) is 12.0 Å².